The molecule has 0 atom stereocenters. The second kappa shape index (κ2) is 9.03. The first kappa shape index (κ1) is 24.5. The Morgan fingerprint density at radius 1 is 1.27 bits per heavy atom. The lowest BCUT2D eigenvalue weighted by Crippen LogP contribution is -2.32. The molecule has 0 spiro atoms. The van der Waals surface area contributed by atoms with Gasteiger partial charge in [0.1, 0.15) is 17.3 Å². The topological polar surface area (TPSA) is 106 Å². The van der Waals surface area contributed by atoms with Gasteiger partial charge in [0.05, 0.1) is 16.0 Å². The predicted octanol–water partition coefficient (Wildman–Crippen LogP) is 4.11. The Balaban J connectivity index is 2.33. The van der Waals surface area contributed by atoms with Crippen molar-refractivity contribution in [3.63, 3.8) is 0 Å². The van der Waals surface area contributed by atoms with Crippen molar-refractivity contribution in [2.24, 2.45) is 15.7 Å². The average Bonchev–Trinajstić information content (AvgIpc) is 2.73. The van der Waals surface area contributed by atoms with E-state index in [0.717, 1.165) is 11.6 Å². The molecule has 0 unspecified atom stereocenters. The Morgan fingerprint density at radius 3 is 2.52 bits per heavy atom. The molecule has 174 valence electrons. The molecule has 9 heteroatoms. The molecule has 3 N–H and O–H groups in total. The summed E-state index contributed by atoms with van der Waals surface area (Å²) in [6, 6.07) is 6.07. The molecule has 0 fully saturated rings. The van der Waals surface area contributed by atoms with Gasteiger partial charge in [-0.2, -0.15) is 0 Å². The number of rotatable bonds is 4. The van der Waals surface area contributed by atoms with Gasteiger partial charge >= 0.3 is 0 Å². The standard InChI is InChI=1S/C24H27ClFN5O2/c1-12(2)17-11-31(21-18(25)8-7-13(3)29-21)22(32)15-10-19(26)16(9-14(15)17)20(27)30-23(28-6)24(4,5)33/h7-12,33H,1-6H3,(H2,27,28,30). The molecular formula is C24H27ClFN5O2. The summed E-state index contributed by atoms with van der Waals surface area (Å²) in [6.45, 7) is 8.74. The summed E-state index contributed by atoms with van der Waals surface area (Å²) in [5.41, 5.74) is 5.76. The van der Waals surface area contributed by atoms with E-state index in [9.17, 15) is 9.90 Å². The number of aryl methyl sites for hydroxylation is 1. The predicted molar refractivity (Wildman–Crippen MR) is 132 cm³/mol. The van der Waals surface area contributed by atoms with Crippen LogP contribution in [0.25, 0.3) is 16.6 Å². The molecule has 7 nitrogen and oxygen atoms in total. The van der Waals surface area contributed by atoms with Crippen molar-refractivity contribution >= 4 is 34.0 Å². The highest BCUT2D eigenvalue weighted by molar-refractivity contribution is 6.32. The number of halogens is 2. The molecule has 0 amide bonds. The van der Waals surface area contributed by atoms with Gasteiger partial charge < -0.3 is 10.8 Å². The van der Waals surface area contributed by atoms with E-state index in [2.05, 4.69) is 15.0 Å². The first-order valence-electron chi connectivity index (χ1n) is 10.4. The highest BCUT2D eigenvalue weighted by Gasteiger charge is 2.23. The zero-order valence-corrected chi connectivity index (χ0v) is 20.2. The quantitative estimate of drug-likeness (QED) is 0.441. The Bertz CT molecular complexity index is 1350. The van der Waals surface area contributed by atoms with Crippen molar-refractivity contribution in [1.29, 1.82) is 0 Å². The maximum Gasteiger partial charge on any atom is 0.264 e. The largest absolute Gasteiger partial charge is 0.383 e. The molecule has 0 radical (unpaired) electrons. The van der Waals surface area contributed by atoms with Crippen LogP contribution in [0.3, 0.4) is 0 Å². The lowest BCUT2D eigenvalue weighted by Gasteiger charge is -2.18. The number of hydrogen-bond acceptors (Lipinski definition) is 4. The lowest BCUT2D eigenvalue weighted by atomic mass is 9.96. The molecule has 0 aliphatic carbocycles. The summed E-state index contributed by atoms with van der Waals surface area (Å²) in [4.78, 5) is 25.8. The minimum Gasteiger partial charge on any atom is -0.383 e. The number of nitrogens with zero attached hydrogens (tertiary/aromatic N) is 4. The molecule has 3 aromatic rings. The van der Waals surface area contributed by atoms with Crippen LogP contribution in [-0.2, 0) is 0 Å². The third-order valence-corrected chi connectivity index (χ3v) is 5.51. The van der Waals surface area contributed by atoms with Crippen molar-refractivity contribution in [3.8, 4) is 5.82 Å². The van der Waals surface area contributed by atoms with Gasteiger partial charge in [0.2, 0.25) is 0 Å². The zero-order valence-electron chi connectivity index (χ0n) is 19.4. The summed E-state index contributed by atoms with van der Waals surface area (Å²) in [6.07, 6.45) is 1.67. The molecular weight excluding hydrogens is 445 g/mol. The maximum atomic E-state index is 15.2. The van der Waals surface area contributed by atoms with E-state index in [0.29, 0.717) is 16.1 Å². The van der Waals surface area contributed by atoms with Gasteiger partial charge in [-0.3, -0.25) is 14.4 Å². The number of aliphatic hydroxyl groups is 1. The Morgan fingerprint density at radius 2 is 1.94 bits per heavy atom. The fourth-order valence-corrected chi connectivity index (χ4v) is 3.73. The molecule has 33 heavy (non-hydrogen) atoms. The number of pyridine rings is 2. The number of aromatic nitrogens is 2. The molecule has 0 bridgehead atoms. The van der Waals surface area contributed by atoms with E-state index in [1.54, 1.807) is 25.3 Å². The van der Waals surface area contributed by atoms with Gasteiger partial charge in [0.15, 0.2) is 11.7 Å². The van der Waals surface area contributed by atoms with E-state index in [1.807, 2.05) is 13.8 Å². The Hall–Kier alpha value is -3.10. The number of aliphatic imine (C=N–C) groups is 2. The van der Waals surface area contributed by atoms with Crippen molar-refractivity contribution in [2.75, 3.05) is 7.05 Å². The summed E-state index contributed by atoms with van der Waals surface area (Å²) >= 11 is 6.32. The van der Waals surface area contributed by atoms with Crippen LogP contribution < -0.4 is 11.3 Å². The Labute approximate surface area is 196 Å². The second-order valence-electron chi connectivity index (χ2n) is 8.65. The van der Waals surface area contributed by atoms with Crippen LogP contribution in [0.4, 0.5) is 4.39 Å². The van der Waals surface area contributed by atoms with Crippen LogP contribution in [0.5, 0.6) is 0 Å². The molecule has 0 aliphatic rings. The van der Waals surface area contributed by atoms with Crippen LogP contribution in [0.2, 0.25) is 5.02 Å². The van der Waals surface area contributed by atoms with Gasteiger partial charge in [-0.1, -0.05) is 25.4 Å². The number of nitrogens with two attached hydrogens (primary N) is 1. The van der Waals surface area contributed by atoms with Gasteiger partial charge in [-0.05, 0) is 61.9 Å². The van der Waals surface area contributed by atoms with Crippen molar-refractivity contribution < 1.29 is 9.50 Å². The monoisotopic (exact) mass is 471 g/mol. The molecule has 3 rings (SSSR count). The van der Waals surface area contributed by atoms with Gasteiger partial charge in [-0.15, -0.1) is 0 Å². The smallest absolute Gasteiger partial charge is 0.264 e. The van der Waals surface area contributed by atoms with Gasteiger partial charge in [0, 0.05) is 18.9 Å². The number of benzene rings is 1. The minimum atomic E-state index is -1.36. The van der Waals surface area contributed by atoms with Crippen LogP contribution in [0.1, 0.15) is 50.4 Å². The van der Waals surface area contributed by atoms with Crippen molar-refractivity contribution in [3.05, 3.63) is 68.5 Å². The third kappa shape index (κ3) is 4.82. The first-order chi connectivity index (χ1) is 15.3. The first-order valence-corrected chi connectivity index (χ1v) is 10.8. The summed E-state index contributed by atoms with van der Waals surface area (Å²) in [5.74, 6) is -0.546. The molecule has 2 heterocycles. The lowest BCUT2D eigenvalue weighted by molar-refractivity contribution is 0.152. The average molecular weight is 472 g/mol. The van der Waals surface area contributed by atoms with Gasteiger partial charge in [-0.25, -0.2) is 14.4 Å². The molecule has 0 saturated carbocycles. The highest BCUT2D eigenvalue weighted by Crippen LogP contribution is 2.28. The van der Waals surface area contributed by atoms with Crippen molar-refractivity contribution in [2.45, 2.75) is 46.1 Å². The van der Waals surface area contributed by atoms with E-state index >= 15 is 4.39 Å². The van der Waals surface area contributed by atoms with E-state index in [4.69, 9.17) is 17.3 Å². The molecule has 0 aliphatic heterocycles. The van der Waals surface area contributed by atoms with Crippen LogP contribution in [0.15, 0.2) is 45.2 Å². The molecule has 1 aromatic carbocycles. The van der Waals surface area contributed by atoms with Crippen molar-refractivity contribution in [1.82, 2.24) is 9.55 Å². The molecule has 2 aromatic heterocycles. The van der Waals surface area contributed by atoms with Gasteiger partial charge in [0.25, 0.3) is 5.56 Å². The van der Waals surface area contributed by atoms with Crippen LogP contribution in [0, 0.1) is 12.7 Å². The van der Waals surface area contributed by atoms with E-state index in [-0.39, 0.29) is 34.4 Å². The summed E-state index contributed by atoms with van der Waals surface area (Å²) in [5, 5.41) is 11.2. The van der Waals surface area contributed by atoms with E-state index < -0.39 is 17.0 Å². The Kier molecular flexibility index (Phi) is 6.72. The number of amidine groups is 2. The number of fused-ring (bicyclic) bond motifs is 1. The normalized spacial score (nSPS) is 13.3. The fourth-order valence-electron chi connectivity index (χ4n) is 3.53. The highest BCUT2D eigenvalue weighted by atomic mass is 35.5. The van der Waals surface area contributed by atoms with Crippen LogP contribution in [-0.4, -0.2) is 39.0 Å². The summed E-state index contributed by atoms with van der Waals surface area (Å²) < 4.78 is 16.5. The SMILES string of the molecule is CN=C(N=C(N)c1cc2c(C(C)C)cn(-c3nc(C)ccc3Cl)c(=O)c2cc1F)C(C)(C)O. The number of hydrogen-bond donors (Lipinski definition) is 2. The second-order valence-corrected chi connectivity index (χ2v) is 9.06. The van der Waals surface area contributed by atoms with E-state index in [1.165, 1.54) is 31.5 Å². The maximum absolute atomic E-state index is 15.2. The summed E-state index contributed by atoms with van der Waals surface area (Å²) in [7, 11) is 1.46. The van der Waals surface area contributed by atoms with Crippen LogP contribution >= 0.6 is 11.6 Å². The molecule has 0 saturated heterocycles. The zero-order chi connectivity index (χ0) is 24.7. The third-order valence-electron chi connectivity index (χ3n) is 5.21. The minimum absolute atomic E-state index is 0.0106. The fraction of sp³-hybridized carbons (Fsp3) is 0.333.